The van der Waals surface area contributed by atoms with Gasteiger partial charge in [0.05, 0.1) is 0 Å². The van der Waals surface area contributed by atoms with Gasteiger partial charge in [-0.2, -0.15) is 5.10 Å². The maximum absolute atomic E-state index is 5.54. The van der Waals surface area contributed by atoms with Gasteiger partial charge in [0.15, 0.2) is 0 Å². The molecule has 5 nitrogen and oxygen atoms in total. The van der Waals surface area contributed by atoms with Crippen molar-refractivity contribution in [3.8, 4) is 18.1 Å². The number of halogens is 1. The molecule has 1 aromatic carbocycles. The SMILES string of the molecule is C#CCOc1ccc(Br)cc1CNCCCc1ncn[nH]1. The molecule has 0 aliphatic carbocycles. The Bertz CT molecular complexity index is 592. The summed E-state index contributed by atoms with van der Waals surface area (Å²) in [7, 11) is 0. The number of aryl methyl sites for hydroxylation is 1. The molecular formula is C15H17BrN4O. The summed E-state index contributed by atoms with van der Waals surface area (Å²) in [6.45, 7) is 1.90. The van der Waals surface area contributed by atoms with E-state index in [-0.39, 0.29) is 6.61 Å². The molecule has 2 N–H and O–H groups in total. The second-order valence-corrected chi connectivity index (χ2v) is 5.37. The normalized spacial score (nSPS) is 10.3. The van der Waals surface area contributed by atoms with Crippen molar-refractivity contribution in [2.24, 2.45) is 0 Å². The van der Waals surface area contributed by atoms with Crippen molar-refractivity contribution < 1.29 is 4.74 Å². The monoisotopic (exact) mass is 348 g/mol. The molecule has 0 radical (unpaired) electrons. The Morgan fingerprint density at radius 3 is 3.10 bits per heavy atom. The molecule has 2 rings (SSSR count). The van der Waals surface area contributed by atoms with Crippen molar-refractivity contribution in [2.45, 2.75) is 19.4 Å². The smallest absolute Gasteiger partial charge is 0.148 e. The second kappa shape index (κ2) is 8.45. The molecule has 0 saturated heterocycles. The van der Waals surface area contributed by atoms with Crippen LogP contribution in [-0.2, 0) is 13.0 Å². The first-order chi connectivity index (χ1) is 10.3. The van der Waals surface area contributed by atoms with E-state index in [4.69, 9.17) is 11.2 Å². The number of rotatable bonds is 8. The van der Waals surface area contributed by atoms with Crippen LogP contribution < -0.4 is 10.1 Å². The van der Waals surface area contributed by atoms with Gasteiger partial charge in [-0.1, -0.05) is 21.9 Å². The molecule has 0 saturated carbocycles. The van der Waals surface area contributed by atoms with Gasteiger partial charge in [0.25, 0.3) is 0 Å². The Morgan fingerprint density at radius 1 is 1.43 bits per heavy atom. The summed E-state index contributed by atoms with van der Waals surface area (Å²) in [5.74, 6) is 4.21. The molecule has 0 aliphatic rings. The fraction of sp³-hybridized carbons (Fsp3) is 0.333. The molecule has 2 aromatic rings. The first kappa shape index (κ1) is 15.5. The van der Waals surface area contributed by atoms with E-state index in [1.165, 1.54) is 6.33 Å². The van der Waals surface area contributed by atoms with Gasteiger partial charge in [-0.05, 0) is 31.2 Å². The van der Waals surface area contributed by atoms with E-state index in [0.29, 0.717) is 0 Å². The van der Waals surface area contributed by atoms with Crippen LogP contribution >= 0.6 is 15.9 Å². The fourth-order valence-electron chi connectivity index (χ4n) is 1.90. The Balaban J connectivity index is 1.78. The van der Waals surface area contributed by atoms with E-state index in [9.17, 15) is 0 Å². The molecule has 0 aliphatic heterocycles. The highest BCUT2D eigenvalue weighted by molar-refractivity contribution is 9.10. The number of hydrogen-bond donors (Lipinski definition) is 2. The summed E-state index contributed by atoms with van der Waals surface area (Å²) in [5, 5.41) is 10.1. The number of terminal acetylenes is 1. The van der Waals surface area contributed by atoms with Gasteiger partial charge in [0.2, 0.25) is 0 Å². The molecule has 1 heterocycles. The lowest BCUT2D eigenvalue weighted by Crippen LogP contribution is -2.16. The van der Waals surface area contributed by atoms with E-state index in [2.05, 4.69) is 42.3 Å². The third-order valence-electron chi connectivity index (χ3n) is 2.88. The minimum atomic E-state index is 0.278. The van der Waals surface area contributed by atoms with Crippen molar-refractivity contribution in [1.29, 1.82) is 0 Å². The van der Waals surface area contributed by atoms with Gasteiger partial charge in [0, 0.05) is 23.0 Å². The number of nitrogens with zero attached hydrogens (tertiary/aromatic N) is 2. The standard InChI is InChI=1S/C15H17BrN4O/c1-2-8-21-14-6-5-13(16)9-12(14)10-17-7-3-4-15-18-11-19-20-15/h1,5-6,9,11,17H,3-4,7-8,10H2,(H,18,19,20). The topological polar surface area (TPSA) is 62.8 Å². The van der Waals surface area contributed by atoms with Crippen LogP contribution in [0.4, 0.5) is 0 Å². The number of ether oxygens (including phenoxy) is 1. The van der Waals surface area contributed by atoms with Crippen LogP contribution in [0.2, 0.25) is 0 Å². The predicted octanol–water partition coefficient (Wildman–Crippen LogP) is 2.30. The van der Waals surface area contributed by atoms with Crippen LogP contribution in [0.1, 0.15) is 17.8 Å². The highest BCUT2D eigenvalue weighted by atomic mass is 79.9. The maximum atomic E-state index is 5.54. The van der Waals surface area contributed by atoms with Crippen LogP contribution in [0.25, 0.3) is 0 Å². The van der Waals surface area contributed by atoms with Gasteiger partial charge in [0.1, 0.15) is 24.5 Å². The Kier molecular flexibility index (Phi) is 6.25. The number of hydrogen-bond acceptors (Lipinski definition) is 4. The van der Waals surface area contributed by atoms with Crippen LogP contribution in [0.5, 0.6) is 5.75 Å². The molecule has 0 bridgehead atoms. The first-order valence-electron chi connectivity index (χ1n) is 6.69. The van der Waals surface area contributed by atoms with Gasteiger partial charge >= 0.3 is 0 Å². The average Bonchev–Trinajstić information content (AvgIpc) is 2.99. The third-order valence-corrected chi connectivity index (χ3v) is 3.37. The summed E-state index contributed by atoms with van der Waals surface area (Å²) < 4.78 is 6.56. The lowest BCUT2D eigenvalue weighted by atomic mass is 10.2. The zero-order valence-electron chi connectivity index (χ0n) is 11.6. The summed E-state index contributed by atoms with van der Waals surface area (Å²) >= 11 is 3.47. The summed E-state index contributed by atoms with van der Waals surface area (Å²) in [6, 6.07) is 5.90. The first-order valence-corrected chi connectivity index (χ1v) is 7.48. The number of H-pyrrole nitrogens is 1. The molecule has 0 fully saturated rings. The minimum Gasteiger partial charge on any atom is -0.481 e. The zero-order valence-corrected chi connectivity index (χ0v) is 13.2. The van der Waals surface area contributed by atoms with Crippen LogP contribution in [-0.4, -0.2) is 28.3 Å². The van der Waals surface area contributed by atoms with Crippen molar-refractivity contribution in [3.05, 3.63) is 40.4 Å². The summed E-state index contributed by atoms with van der Waals surface area (Å²) in [6.07, 6.45) is 8.63. The van der Waals surface area contributed by atoms with Gasteiger partial charge < -0.3 is 10.1 Å². The second-order valence-electron chi connectivity index (χ2n) is 4.46. The lowest BCUT2D eigenvalue weighted by molar-refractivity contribution is 0.364. The Hall–Kier alpha value is -1.84. The number of aromatic nitrogens is 3. The molecule has 0 atom stereocenters. The molecule has 0 unspecified atom stereocenters. The molecular weight excluding hydrogens is 332 g/mol. The van der Waals surface area contributed by atoms with E-state index in [1.54, 1.807) is 0 Å². The van der Waals surface area contributed by atoms with Crippen molar-refractivity contribution >= 4 is 15.9 Å². The minimum absolute atomic E-state index is 0.278. The highest BCUT2D eigenvalue weighted by Crippen LogP contribution is 2.23. The van der Waals surface area contributed by atoms with Gasteiger partial charge in [-0.3, -0.25) is 5.10 Å². The molecule has 1 aromatic heterocycles. The predicted molar refractivity (Wildman–Crippen MR) is 84.9 cm³/mol. The molecule has 0 amide bonds. The van der Waals surface area contributed by atoms with Crippen molar-refractivity contribution in [2.75, 3.05) is 13.2 Å². The van der Waals surface area contributed by atoms with Crippen molar-refractivity contribution in [3.63, 3.8) is 0 Å². The number of benzene rings is 1. The van der Waals surface area contributed by atoms with Crippen LogP contribution in [0, 0.1) is 12.3 Å². The van der Waals surface area contributed by atoms with E-state index in [0.717, 1.165) is 47.5 Å². The average molecular weight is 349 g/mol. The summed E-state index contributed by atoms with van der Waals surface area (Å²) in [4.78, 5) is 4.09. The molecule has 0 spiro atoms. The lowest BCUT2D eigenvalue weighted by Gasteiger charge is -2.11. The number of aromatic amines is 1. The Labute approximate surface area is 132 Å². The van der Waals surface area contributed by atoms with Crippen molar-refractivity contribution in [1.82, 2.24) is 20.5 Å². The van der Waals surface area contributed by atoms with E-state index >= 15 is 0 Å². The molecule has 21 heavy (non-hydrogen) atoms. The molecule has 110 valence electrons. The molecule has 6 heteroatoms. The zero-order chi connectivity index (χ0) is 14.9. The van der Waals surface area contributed by atoms with Gasteiger partial charge in [-0.25, -0.2) is 4.98 Å². The number of nitrogens with one attached hydrogen (secondary N) is 2. The quantitative estimate of drug-likeness (QED) is 0.567. The largest absolute Gasteiger partial charge is 0.481 e. The Morgan fingerprint density at radius 2 is 2.33 bits per heavy atom. The van der Waals surface area contributed by atoms with Gasteiger partial charge in [-0.15, -0.1) is 6.42 Å². The fourth-order valence-corrected chi connectivity index (χ4v) is 2.31. The maximum Gasteiger partial charge on any atom is 0.148 e. The third kappa shape index (κ3) is 5.21. The van der Waals surface area contributed by atoms with Crippen LogP contribution in [0.3, 0.4) is 0 Å². The van der Waals surface area contributed by atoms with E-state index < -0.39 is 0 Å². The van der Waals surface area contributed by atoms with E-state index in [1.807, 2.05) is 18.2 Å². The summed E-state index contributed by atoms with van der Waals surface area (Å²) in [5.41, 5.74) is 1.08. The highest BCUT2D eigenvalue weighted by Gasteiger charge is 2.04. The van der Waals surface area contributed by atoms with Crippen LogP contribution in [0.15, 0.2) is 29.0 Å².